The number of rotatable bonds is 7. The topological polar surface area (TPSA) is 60.2 Å². The number of para-hydroxylation sites is 1. The van der Waals surface area contributed by atoms with Crippen LogP contribution in [0.5, 0.6) is 5.75 Å². The molecule has 0 atom stereocenters. The van der Waals surface area contributed by atoms with Gasteiger partial charge in [0.25, 0.3) is 0 Å². The first-order valence-electron chi connectivity index (χ1n) is 5.68. The molecule has 0 saturated carbocycles. The molecule has 6 heteroatoms. The van der Waals surface area contributed by atoms with Gasteiger partial charge in [-0.1, -0.05) is 23.3 Å². The zero-order valence-corrected chi connectivity index (χ0v) is 10.6. The van der Waals surface area contributed by atoms with Crippen molar-refractivity contribution in [1.82, 2.24) is 10.2 Å². The summed E-state index contributed by atoms with van der Waals surface area (Å²) in [5, 5.41) is 10.5. The van der Waals surface area contributed by atoms with E-state index in [0.717, 1.165) is 12.2 Å². The maximum Gasteiger partial charge on any atom is 0.315 e. The highest BCUT2D eigenvalue weighted by Crippen LogP contribution is 2.09. The highest BCUT2D eigenvalue weighted by atomic mass is 35.5. The summed E-state index contributed by atoms with van der Waals surface area (Å²) in [7, 11) is 0. The minimum atomic E-state index is 0.228. The fourth-order valence-electron chi connectivity index (χ4n) is 1.35. The predicted molar refractivity (Wildman–Crippen MR) is 68.9 cm³/mol. The molecule has 1 aromatic heterocycles. The Hall–Kier alpha value is -1.75. The first kappa shape index (κ1) is 12.7. The molecule has 0 spiro atoms. The Morgan fingerprint density at radius 3 is 2.78 bits per heavy atom. The molecule has 0 aliphatic rings. The van der Waals surface area contributed by atoms with Gasteiger partial charge in [0, 0.05) is 6.54 Å². The van der Waals surface area contributed by atoms with Crippen LogP contribution in [-0.2, 0) is 5.88 Å². The van der Waals surface area contributed by atoms with Gasteiger partial charge in [-0.25, -0.2) is 0 Å². The molecule has 0 fully saturated rings. The van der Waals surface area contributed by atoms with Crippen molar-refractivity contribution in [2.45, 2.75) is 12.3 Å². The van der Waals surface area contributed by atoms with Gasteiger partial charge in [-0.3, -0.25) is 0 Å². The summed E-state index contributed by atoms with van der Waals surface area (Å²) in [5.74, 6) is 1.52. The number of alkyl halides is 1. The van der Waals surface area contributed by atoms with Crippen LogP contribution in [0.25, 0.3) is 0 Å². The Labute approximate surface area is 110 Å². The second-order valence-corrected chi connectivity index (χ2v) is 3.84. The molecule has 0 saturated heterocycles. The molecule has 1 N–H and O–H groups in total. The molecule has 18 heavy (non-hydrogen) atoms. The number of nitrogens with zero attached hydrogens (tertiary/aromatic N) is 2. The third kappa shape index (κ3) is 3.92. The minimum Gasteiger partial charge on any atom is -0.494 e. The third-order valence-electron chi connectivity index (χ3n) is 2.19. The molecule has 1 aromatic carbocycles. The average Bonchev–Trinajstić information content (AvgIpc) is 2.87. The van der Waals surface area contributed by atoms with E-state index in [-0.39, 0.29) is 5.88 Å². The van der Waals surface area contributed by atoms with Gasteiger partial charge in [-0.05, 0) is 18.6 Å². The molecule has 0 bridgehead atoms. The Balaban J connectivity index is 1.61. The van der Waals surface area contributed by atoms with Crippen molar-refractivity contribution in [2.24, 2.45) is 0 Å². The normalized spacial score (nSPS) is 10.3. The molecule has 0 radical (unpaired) electrons. The quantitative estimate of drug-likeness (QED) is 0.617. The SMILES string of the molecule is ClCc1nnc(NCCCOc2ccccc2)o1. The largest absolute Gasteiger partial charge is 0.494 e. The third-order valence-corrected chi connectivity index (χ3v) is 2.42. The van der Waals surface area contributed by atoms with Crippen molar-refractivity contribution in [3.8, 4) is 5.75 Å². The summed E-state index contributed by atoms with van der Waals surface area (Å²) in [6, 6.07) is 10.1. The van der Waals surface area contributed by atoms with E-state index in [9.17, 15) is 0 Å². The molecule has 0 amide bonds. The Morgan fingerprint density at radius 1 is 1.22 bits per heavy atom. The van der Waals surface area contributed by atoms with E-state index in [1.54, 1.807) is 0 Å². The van der Waals surface area contributed by atoms with Crippen LogP contribution in [0.15, 0.2) is 34.7 Å². The van der Waals surface area contributed by atoms with Gasteiger partial charge >= 0.3 is 6.01 Å². The predicted octanol–water partition coefficient (Wildman–Crippen LogP) is 2.69. The van der Waals surface area contributed by atoms with Crippen molar-refractivity contribution >= 4 is 17.6 Å². The fraction of sp³-hybridized carbons (Fsp3) is 0.333. The average molecular weight is 268 g/mol. The zero-order chi connectivity index (χ0) is 12.6. The number of nitrogens with one attached hydrogen (secondary N) is 1. The molecular weight excluding hydrogens is 254 g/mol. The van der Waals surface area contributed by atoms with Crippen LogP contribution in [0, 0.1) is 0 Å². The van der Waals surface area contributed by atoms with E-state index in [1.165, 1.54) is 0 Å². The maximum atomic E-state index is 5.55. The number of anilines is 1. The molecule has 2 aromatic rings. The van der Waals surface area contributed by atoms with Crippen LogP contribution in [0.4, 0.5) is 6.01 Å². The lowest BCUT2D eigenvalue weighted by molar-refractivity contribution is 0.314. The number of hydrogen-bond acceptors (Lipinski definition) is 5. The number of aromatic nitrogens is 2. The first-order valence-corrected chi connectivity index (χ1v) is 6.22. The second kappa shape index (κ2) is 6.86. The van der Waals surface area contributed by atoms with Crippen molar-refractivity contribution in [3.05, 3.63) is 36.2 Å². The summed E-state index contributed by atoms with van der Waals surface area (Å²) in [6.45, 7) is 1.34. The van der Waals surface area contributed by atoms with Gasteiger partial charge in [0.1, 0.15) is 11.6 Å². The van der Waals surface area contributed by atoms with Gasteiger partial charge < -0.3 is 14.5 Å². The van der Waals surface area contributed by atoms with Gasteiger partial charge in [-0.15, -0.1) is 16.7 Å². The van der Waals surface area contributed by atoms with Crippen LogP contribution in [0.1, 0.15) is 12.3 Å². The molecule has 96 valence electrons. The molecule has 0 aliphatic heterocycles. The van der Waals surface area contributed by atoms with E-state index in [1.807, 2.05) is 30.3 Å². The van der Waals surface area contributed by atoms with Crippen molar-refractivity contribution in [3.63, 3.8) is 0 Å². The molecule has 0 unspecified atom stereocenters. The molecular formula is C12H14ClN3O2. The lowest BCUT2D eigenvalue weighted by Gasteiger charge is -2.05. The van der Waals surface area contributed by atoms with E-state index >= 15 is 0 Å². The maximum absolute atomic E-state index is 5.55. The Bertz CT molecular complexity index is 461. The van der Waals surface area contributed by atoms with Crippen LogP contribution in [-0.4, -0.2) is 23.3 Å². The summed E-state index contributed by atoms with van der Waals surface area (Å²) < 4.78 is 10.7. The smallest absolute Gasteiger partial charge is 0.315 e. The number of benzene rings is 1. The summed E-state index contributed by atoms with van der Waals surface area (Å²) in [4.78, 5) is 0. The highest BCUT2D eigenvalue weighted by Gasteiger charge is 2.02. The van der Waals surface area contributed by atoms with E-state index in [2.05, 4.69) is 15.5 Å². The second-order valence-electron chi connectivity index (χ2n) is 3.58. The summed E-state index contributed by atoms with van der Waals surface area (Å²) in [5.41, 5.74) is 0. The Kier molecular flexibility index (Phi) is 4.84. The zero-order valence-electron chi connectivity index (χ0n) is 9.80. The summed E-state index contributed by atoms with van der Waals surface area (Å²) in [6.07, 6.45) is 0.841. The highest BCUT2D eigenvalue weighted by molar-refractivity contribution is 6.16. The van der Waals surface area contributed by atoms with Crippen LogP contribution < -0.4 is 10.1 Å². The van der Waals surface area contributed by atoms with E-state index in [0.29, 0.717) is 25.1 Å². The van der Waals surface area contributed by atoms with Gasteiger partial charge in [0.05, 0.1) is 6.61 Å². The van der Waals surface area contributed by atoms with Crippen LogP contribution in [0.3, 0.4) is 0 Å². The van der Waals surface area contributed by atoms with E-state index in [4.69, 9.17) is 20.8 Å². The van der Waals surface area contributed by atoms with Crippen LogP contribution in [0.2, 0.25) is 0 Å². The minimum absolute atomic E-state index is 0.228. The Morgan fingerprint density at radius 2 is 2.06 bits per heavy atom. The standard InChI is InChI=1S/C12H14ClN3O2/c13-9-11-15-16-12(18-11)14-7-4-8-17-10-5-2-1-3-6-10/h1-3,5-6H,4,7-9H2,(H,14,16). The number of hydrogen-bond donors (Lipinski definition) is 1. The monoisotopic (exact) mass is 267 g/mol. The lowest BCUT2D eigenvalue weighted by atomic mass is 10.3. The van der Waals surface area contributed by atoms with Gasteiger partial charge in [0.15, 0.2) is 0 Å². The molecule has 2 rings (SSSR count). The fourth-order valence-corrected chi connectivity index (χ4v) is 1.46. The number of halogens is 1. The van der Waals surface area contributed by atoms with Gasteiger partial charge in [0.2, 0.25) is 5.89 Å². The van der Waals surface area contributed by atoms with Crippen molar-refractivity contribution in [2.75, 3.05) is 18.5 Å². The van der Waals surface area contributed by atoms with Gasteiger partial charge in [-0.2, -0.15) is 0 Å². The lowest BCUT2D eigenvalue weighted by Crippen LogP contribution is -2.07. The first-order chi connectivity index (χ1) is 8.88. The molecule has 1 heterocycles. The van der Waals surface area contributed by atoms with Crippen LogP contribution >= 0.6 is 11.6 Å². The van der Waals surface area contributed by atoms with Crippen molar-refractivity contribution < 1.29 is 9.15 Å². The van der Waals surface area contributed by atoms with Crippen molar-refractivity contribution in [1.29, 1.82) is 0 Å². The molecule has 5 nitrogen and oxygen atoms in total. The number of ether oxygens (including phenoxy) is 1. The summed E-state index contributed by atoms with van der Waals surface area (Å²) >= 11 is 5.55. The molecule has 0 aliphatic carbocycles. The van der Waals surface area contributed by atoms with E-state index < -0.39 is 0 Å².